The molecular weight excluding hydrogens is 338 g/mol. The zero-order chi connectivity index (χ0) is 19.1. The molecular formula is C18H19N3O5. The maximum Gasteiger partial charge on any atom is 0.310 e. The monoisotopic (exact) mass is 357 g/mol. The Morgan fingerprint density at radius 3 is 2.50 bits per heavy atom. The van der Waals surface area contributed by atoms with Gasteiger partial charge in [0.05, 0.1) is 4.92 Å². The second-order valence-corrected chi connectivity index (χ2v) is 5.61. The topological polar surface area (TPSA) is 116 Å². The Balaban J connectivity index is 2.16. The van der Waals surface area contributed by atoms with E-state index in [2.05, 4.69) is 0 Å². The minimum absolute atomic E-state index is 0.00870. The van der Waals surface area contributed by atoms with Gasteiger partial charge in [-0.15, -0.1) is 0 Å². The van der Waals surface area contributed by atoms with Crippen LogP contribution >= 0.6 is 0 Å². The summed E-state index contributed by atoms with van der Waals surface area (Å²) in [5.74, 6) is -0.950. The van der Waals surface area contributed by atoms with Crippen molar-refractivity contribution >= 4 is 23.2 Å². The molecule has 2 rings (SSSR count). The number of para-hydroxylation sites is 1. The zero-order valence-corrected chi connectivity index (χ0v) is 14.3. The first-order valence-corrected chi connectivity index (χ1v) is 7.90. The number of anilines is 1. The highest BCUT2D eigenvalue weighted by atomic mass is 16.6. The van der Waals surface area contributed by atoms with E-state index in [0.717, 1.165) is 5.56 Å². The molecule has 0 saturated carbocycles. The van der Waals surface area contributed by atoms with Gasteiger partial charge in [0.2, 0.25) is 5.91 Å². The summed E-state index contributed by atoms with van der Waals surface area (Å²) < 4.78 is 5.40. The number of aryl methyl sites for hydroxylation is 1. The van der Waals surface area contributed by atoms with Gasteiger partial charge < -0.3 is 15.4 Å². The molecule has 2 aromatic rings. The number of hydrogen-bond donors (Lipinski definition) is 1. The van der Waals surface area contributed by atoms with Crippen LogP contribution < -0.4 is 15.4 Å². The lowest BCUT2D eigenvalue weighted by Crippen LogP contribution is -2.37. The third-order valence-corrected chi connectivity index (χ3v) is 3.61. The molecule has 2 amide bonds. The van der Waals surface area contributed by atoms with Crippen LogP contribution in [0.3, 0.4) is 0 Å². The van der Waals surface area contributed by atoms with Crippen LogP contribution in [0.25, 0.3) is 0 Å². The number of rotatable bonds is 8. The van der Waals surface area contributed by atoms with Crippen LogP contribution in [0.4, 0.5) is 11.4 Å². The molecule has 0 aromatic heterocycles. The third kappa shape index (κ3) is 5.04. The average molecular weight is 357 g/mol. The first-order chi connectivity index (χ1) is 12.4. The number of nitrogens with two attached hydrogens (primary N) is 1. The number of nitrogens with zero attached hydrogens (tertiary/aromatic N) is 2. The standard InChI is InChI=1S/C18H19N3O5/c1-13-7-8-15(21(24)25)16(11-13)26-12-18(23)20(10-9-17(19)22)14-5-3-2-4-6-14/h2-8,11H,9-10,12H2,1H3,(H2,19,22). The predicted molar refractivity (Wildman–Crippen MR) is 95.9 cm³/mol. The van der Waals surface area contributed by atoms with Crippen LogP contribution in [-0.2, 0) is 9.59 Å². The number of nitro groups is 1. The normalized spacial score (nSPS) is 10.2. The van der Waals surface area contributed by atoms with Crippen LogP contribution in [0, 0.1) is 17.0 Å². The number of ether oxygens (including phenoxy) is 1. The van der Waals surface area contributed by atoms with Crippen LogP contribution in [0.5, 0.6) is 5.75 Å². The Morgan fingerprint density at radius 1 is 1.19 bits per heavy atom. The molecule has 0 fully saturated rings. The van der Waals surface area contributed by atoms with Crippen LogP contribution in [0.15, 0.2) is 48.5 Å². The van der Waals surface area contributed by atoms with Gasteiger partial charge in [-0.05, 0) is 30.7 Å². The molecule has 0 heterocycles. The maximum absolute atomic E-state index is 12.6. The fraction of sp³-hybridized carbons (Fsp3) is 0.222. The third-order valence-electron chi connectivity index (χ3n) is 3.61. The molecule has 0 aliphatic heterocycles. The van der Waals surface area contributed by atoms with Gasteiger partial charge in [-0.25, -0.2) is 0 Å². The lowest BCUT2D eigenvalue weighted by atomic mass is 10.2. The lowest BCUT2D eigenvalue weighted by Gasteiger charge is -2.22. The Labute approximate surface area is 150 Å². The van der Waals surface area contributed by atoms with E-state index in [9.17, 15) is 19.7 Å². The fourth-order valence-electron chi connectivity index (χ4n) is 2.33. The molecule has 0 bridgehead atoms. The van der Waals surface area contributed by atoms with Crippen molar-refractivity contribution in [3.05, 3.63) is 64.2 Å². The zero-order valence-electron chi connectivity index (χ0n) is 14.3. The fourth-order valence-corrected chi connectivity index (χ4v) is 2.33. The highest BCUT2D eigenvalue weighted by Gasteiger charge is 2.20. The van der Waals surface area contributed by atoms with Gasteiger partial charge in [0.15, 0.2) is 12.4 Å². The summed E-state index contributed by atoms with van der Waals surface area (Å²) in [5.41, 5.74) is 6.31. The number of hydrogen-bond acceptors (Lipinski definition) is 5. The minimum atomic E-state index is -0.568. The van der Waals surface area contributed by atoms with Crippen molar-refractivity contribution in [2.45, 2.75) is 13.3 Å². The number of carbonyl (C=O) groups excluding carboxylic acids is 2. The summed E-state index contributed by atoms with van der Waals surface area (Å²) in [6.45, 7) is 1.46. The summed E-state index contributed by atoms with van der Waals surface area (Å²) in [6.07, 6.45) is -0.00870. The Hall–Kier alpha value is -3.42. The summed E-state index contributed by atoms with van der Waals surface area (Å²) in [4.78, 5) is 35.5. The van der Waals surface area contributed by atoms with E-state index in [1.165, 1.54) is 17.0 Å². The first kappa shape index (κ1) is 18.9. The highest BCUT2D eigenvalue weighted by molar-refractivity contribution is 5.95. The van der Waals surface area contributed by atoms with Gasteiger partial charge >= 0.3 is 5.69 Å². The quantitative estimate of drug-likeness (QED) is 0.574. The van der Waals surface area contributed by atoms with Gasteiger partial charge in [-0.2, -0.15) is 0 Å². The maximum atomic E-state index is 12.6. The van der Waals surface area contributed by atoms with Crippen molar-refractivity contribution < 1.29 is 19.2 Å². The molecule has 0 saturated heterocycles. The van der Waals surface area contributed by atoms with Gasteiger partial charge in [0.1, 0.15) is 0 Å². The Kier molecular flexibility index (Phi) is 6.26. The molecule has 0 aliphatic carbocycles. The van der Waals surface area contributed by atoms with Gasteiger partial charge in [0, 0.05) is 24.7 Å². The summed E-state index contributed by atoms with van der Waals surface area (Å²) in [5, 5.41) is 11.1. The molecule has 2 N–H and O–H groups in total. The van der Waals surface area contributed by atoms with Crippen LogP contribution in [0.2, 0.25) is 0 Å². The lowest BCUT2D eigenvalue weighted by molar-refractivity contribution is -0.385. The first-order valence-electron chi connectivity index (χ1n) is 7.90. The molecule has 0 aliphatic rings. The van der Waals surface area contributed by atoms with E-state index in [4.69, 9.17) is 10.5 Å². The second kappa shape index (κ2) is 8.61. The van der Waals surface area contributed by atoms with E-state index in [1.54, 1.807) is 43.3 Å². The van der Waals surface area contributed by atoms with Crippen molar-refractivity contribution in [1.82, 2.24) is 0 Å². The van der Waals surface area contributed by atoms with Crippen molar-refractivity contribution in [2.75, 3.05) is 18.1 Å². The summed E-state index contributed by atoms with van der Waals surface area (Å²) >= 11 is 0. The smallest absolute Gasteiger partial charge is 0.310 e. The van der Waals surface area contributed by atoms with Gasteiger partial charge in [0.25, 0.3) is 5.91 Å². The second-order valence-electron chi connectivity index (χ2n) is 5.61. The number of primary amides is 1. The van der Waals surface area contributed by atoms with Crippen LogP contribution in [-0.4, -0.2) is 29.9 Å². The molecule has 8 heteroatoms. The Morgan fingerprint density at radius 2 is 1.88 bits per heavy atom. The van der Waals surface area contributed by atoms with E-state index in [-0.39, 0.29) is 24.4 Å². The molecule has 8 nitrogen and oxygen atoms in total. The average Bonchev–Trinajstić information content (AvgIpc) is 2.60. The highest BCUT2D eigenvalue weighted by Crippen LogP contribution is 2.28. The molecule has 26 heavy (non-hydrogen) atoms. The predicted octanol–water partition coefficient (Wildman–Crippen LogP) is 2.19. The number of carbonyl (C=O) groups is 2. The van der Waals surface area contributed by atoms with Crippen molar-refractivity contribution in [3.63, 3.8) is 0 Å². The summed E-state index contributed by atoms with van der Waals surface area (Å²) in [6, 6.07) is 13.2. The van der Waals surface area contributed by atoms with E-state index in [0.29, 0.717) is 5.69 Å². The van der Waals surface area contributed by atoms with Crippen molar-refractivity contribution in [2.24, 2.45) is 5.73 Å². The number of amides is 2. The van der Waals surface area contributed by atoms with Gasteiger partial charge in [-0.1, -0.05) is 24.3 Å². The summed E-state index contributed by atoms with van der Waals surface area (Å²) in [7, 11) is 0. The Bertz CT molecular complexity index is 808. The van der Waals surface area contributed by atoms with Crippen LogP contribution in [0.1, 0.15) is 12.0 Å². The largest absolute Gasteiger partial charge is 0.477 e. The molecule has 0 radical (unpaired) electrons. The number of benzene rings is 2. The SMILES string of the molecule is Cc1ccc([N+](=O)[O-])c(OCC(=O)N(CCC(N)=O)c2ccccc2)c1. The minimum Gasteiger partial charge on any atom is -0.477 e. The molecule has 0 atom stereocenters. The van der Waals surface area contributed by atoms with Crippen molar-refractivity contribution in [1.29, 1.82) is 0 Å². The molecule has 136 valence electrons. The molecule has 2 aromatic carbocycles. The molecule has 0 unspecified atom stereocenters. The molecule has 0 spiro atoms. The van der Waals surface area contributed by atoms with Gasteiger partial charge in [-0.3, -0.25) is 19.7 Å². The van der Waals surface area contributed by atoms with E-state index in [1.807, 2.05) is 0 Å². The van der Waals surface area contributed by atoms with E-state index < -0.39 is 23.3 Å². The number of nitro benzene ring substituents is 1. The van der Waals surface area contributed by atoms with Crippen molar-refractivity contribution in [3.8, 4) is 5.75 Å². The van der Waals surface area contributed by atoms with E-state index >= 15 is 0 Å².